The van der Waals surface area contributed by atoms with Gasteiger partial charge < -0.3 is 25.2 Å². The fourth-order valence-electron chi connectivity index (χ4n) is 3.34. The molecule has 0 spiro atoms. The molecular weight excluding hydrogens is 436 g/mol. The van der Waals surface area contributed by atoms with Gasteiger partial charge in [0.1, 0.15) is 17.6 Å². The molecule has 1 aromatic heterocycles. The second-order valence-electron chi connectivity index (χ2n) is 8.00. The zero-order chi connectivity index (χ0) is 23.3. The van der Waals surface area contributed by atoms with Gasteiger partial charge in [-0.05, 0) is 24.5 Å². The first kappa shape index (κ1) is 23.8. The van der Waals surface area contributed by atoms with Crippen molar-refractivity contribution in [3.8, 4) is 5.75 Å². The first-order valence-electron chi connectivity index (χ1n) is 10.3. The molecule has 0 aliphatic carbocycles. The monoisotopic (exact) mass is 462 g/mol. The van der Waals surface area contributed by atoms with E-state index in [4.69, 9.17) is 21.4 Å². The highest BCUT2D eigenvalue weighted by Gasteiger charge is 2.35. The Bertz CT molecular complexity index is 990. The summed E-state index contributed by atoms with van der Waals surface area (Å²) < 4.78 is 7.21. The fourth-order valence-corrected chi connectivity index (χ4v) is 3.52. The van der Waals surface area contributed by atoms with Crippen LogP contribution in [-0.2, 0) is 16.1 Å². The van der Waals surface area contributed by atoms with E-state index in [1.165, 1.54) is 15.7 Å². The summed E-state index contributed by atoms with van der Waals surface area (Å²) in [6.45, 7) is 3.80. The lowest BCUT2D eigenvalue weighted by Crippen LogP contribution is -2.46. The average molecular weight is 463 g/mol. The van der Waals surface area contributed by atoms with Crippen LogP contribution in [0.15, 0.2) is 48.4 Å². The highest BCUT2D eigenvalue weighted by Crippen LogP contribution is 2.28. The largest absolute Gasteiger partial charge is 0.458 e. The number of rotatable bonds is 10. The number of aliphatic hydroxyl groups excluding tert-OH is 2. The Morgan fingerprint density at radius 2 is 2.06 bits per heavy atom. The maximum Gasteiger partial charge on any atom is 0.251 e. The van der Waals surface area contributed by atoms with E-state index < -0.39 is 12.1 Å². The Hall–Kier alpha value is -2.88. The molecule has 2 amide bonds. The molecule has 0 saturated carbocycles. The summed E-state index contributed by atoms with van der Waals surface area (Å²) >= 11 is 6.14. The third-order valence-electron chi connectivity index (χ3n) is 4.85. The van der Waals surface area contributed by atoms with Gasteiger partial charge in [0.05, 0.1) is 30.8 Å². The Kier molecular flexibility index (Phi) is 7.89. The van der Waals surface area contributed by atoms with Gasteiger partial charge in [0, 0.05) is 18.3 Å². The lowest BCUT2D eigenvalue weighted by atomic mass is 10.0. The van der Waals surface area contributed by atoms with E-state index in [-0.39, 0.29) is 37.4 Å². The molecule has 32 heavy (non-hydrogen) atoms. The van der Waals surface area contributed by atoms with Crippen molar-refractivity contribution in [2.45, 2.75) is 39.0 Å². The van der Waals surface area contributed by atoms with Gasteiger partial charge >= 0.3 is 0 Å². The molecule has 2 aromatic rings. The molecule has 1 aliphatic heterocycles. The van der Waals surface area contributed by atoms with Crippen molar-refractivity contribution in [1.29, 1.82) is 0 Å². The highest BCUT2D eigenvalue weighted by atomic mass is 35.5. The smallest absolute Gasteiger partial charge is 0.251 e. The SMILES string of the molecule is CC(C)C[C@H](C(=O)Nc1ccn(C[C@@H](O)CO)n1)N1CC(Oc2ccccc2Cl)=CC1=O. The second kappa shape index (κ2) is 10.6. The number of carbonyl (C=O) groups excluding carboxylic acids is 2. The molecule has 3 N–H and O–H groups in total. The van der Waals surface area contributed by atoms with E-state index in [9.17, 15) is 14.7 Å². The van der Waals surface area contributed by atoms with Gasteiger partial charge in [-0.25, -0.2) is 0 Å². The van der Waals surface area contributed by atoms with Gasteiger partial charge in [-0.2, -0.15) is 5.10 Å². The Morgan fingerprint density at radius 3 is 2.75 bits per heavy atom. The number of hydrogen-bond donors (Lipinski definition) is 3. The van der Waals surface area contributed by atoms with Gasteiger partial charge in [-0.15, -0.1) is 0 Å². The predicted molar refractivity (Wildman–Crippen MR) is 119 cm³/mol. The molecule has 2 atom stereocenters. The van der Waals surface area contributed by atoms with Crippen molar-refractivity contribution in [3.05, 3.63) is 53.4 Å². The number of hydrogen-bond acceptors (Lipinski definition) is 6. The van der Waals surface area contributed by atoms with Crippen molar-refractivity contribution in [2.24, 2.45) is 5.92 Å². The van der Waals surface area contributed by atoms with Gasteiger partial charge in [0.15, 0.2) is 5.82 Å². The number of nitrogens with zero attached hydrogens (tertiary/aromatic N) is 3. The van der Waals surface area contributed by atoms with Crippen LogP contribution in [0.3, 0.4) is 0 Å². The van der Waals surface area contributed by atoms with Crippen LogP contribution in [0, 0.1) is 5.92 Å². The molecule has 0 bridgehead atoms. The third kappa shape index (κ3) is 6.09. The molecule has 9 nitrogen and oxygen atoms in total. The van der Waals surface area contributed by atoms with Crippen LogP contribution < -0.4 is 10.1 Å². The van der Waals surface area contributed by atoms with Crippen LogP contribution in [0.4, 0.5) is 5.82 Å². The number of amides is 2. The zero-order valence-corrected chi connectivity index (χ0v) is 18.7. The molecule has 2 heterocycles. The molecule has 0 saturated heterocycles. The quantitative estimate of drug-likeness (QED) is 0.497. The van der Waals surface area contributed by atoms with Crippen molar-refractivity contribution >= 4 is 29.2 Å². The summed E-state index contributed by atoms with van der Waals surface area (Å²) in [7, 11) is 0. The summed E-state index contributed by atoms with van der Waals surface area (Å²) in [4.78, 5) is 27.2. The Balaban J connectivity index is 1.69. The van der Waals surface area contributed by atoms with Crippen LogP contribution in [0.25, 0.3) is 0 Å². The second-order valence-corrected chi connectivity index (χ2v) is 8.41. The number of carbonyl (C=O) groups is 2. The number of para-hydroxylation sites is 1. The van der Waals surface area contributed by atoms with Gasteiger partial charge in [-0.1, -0.05) is 37.6 Å². The molecule has 172 valence electrons. The normalized spacial score (nSPS) is 15.6. The summed E-state index contributed by atoms with van der Waals surface area (Å²) in [5.74, 6) is 0.615. The first-order valence-corrected chi connectivity index (χ1v) is 10.7. The number of nitrogens with one attached hydrogen (secondary N) is 1. The summed E-state index contributed by atoms with van der Waals surface area (Å²) in [5, 5.41) is 25.9. The molecule has 0 radical (unpaired) electrons. The predicted octanol–water partition coefficient (Wildman–Crippen LogP) is 2.05. The minimum atomic E-state index is -0.947. The molecular formula is C22H27ClN4O5. The third-order valence-corrected chi connectivity index (χ3v) is 5.16. The van der Waals surface area contributed by atoms with Crippen LogP contribution >= 0.6 is 11.6 Å². The van der Waals surface area contributed by atoms with Gasteiger partial charge in [-0.3, -0.25) is 14.3 Å². The minimum Gasteiger partial charge on any atom is -0.458 e. The molecule has 0 unspecified atom stereocenters. The van der Waals surface area contributed by atoms with Crippen molar-refractivity contribution < 1.29 is 24.5 Å². The van der Waals surface area contributed by atoms with E-state index in [2.05, 4.69) is 10.4 Å². The maximum absolute atomic E-state index is 13.1. The molecule has 1 aliphatic rings. The number of ether oxygens (including phenoxy) is 1. The number of aliphatic hydroxyl groups is 2. The summed E-state index contributed by atoms with van der Waals surface area (Å²) in [6, 6.07) is 7.83. The number of anilines is 1. The molecule has 3 rings (SSSR count). The van der Waals surface area contributed by atoms with E-state index in [1.807, 2.05) is 13.8 Å². The first-order chi connectivity index (χ1) is 15.3. The summed E-state index contributed by atoms with van der Waals surface area (Å²) in [5.41, 5.74) is 0. The topological polar surface area (TPSA) is 117 Å². The lowest BCUT2D eigenvalue weighted by Gasteiger charge is -2.28. The van der Waals surface area contributed by atoms with E-state index in [0.717, 1.165) is 0 Å². The van der Waals surface area contributed by atoms with Gasteiger partial charge in [0.2, 0.25) is 5.91 Å². The number of halogens is 1. The number of aromatic nitrogens is 2. The average Bonchev–Trinajstić information content (AvgIpc) is 3.33. The molecule has 1 aromatic carbocycles. The summed E-state index contributed by atoms with van der Waals surface area (Å²) in [6.07, 6.45) is 2.46. The van der Waals surface area contributed by atoms with E-state index >= 15 is 0 Å². The number of benzene rings is 1. The molecule has 10 heteroatoms. The zero-order valence-electron chi connectivity index (χ0n) is 17.9. The van der Waals surface area contributed by atoms with Crippen LogP contribution in [-0.4, -0.2) is 62.0 Å². The van der Waals surface area contributed by atoms with Crippen LogP contribution in [0.2, 0.25) is 5.02 Å². The Labute approximate surface area is 191 Å². The van der Waals surface area contributed by atoms with Crippen molar-refractivity contribution in [3.63, 3.8) is 0 Å². The lowest BCUT2D eigenvalue weighted by molar-refractivity contribution is -0.133. The fraction of sp³-hybridized carbons (Fsp3) is 0.409. The highest BCUT2D eigenvalue weighted by molar-refractivity contribution is 6.32. The van der Waals surface area contributed by atoms with Crippen LogP contribution in [0.5, 0.6) is 5.75 Å². The van der Waals surface area contributed by atoms with E-state index in [1.54, 1.807) is 36.5 Å². The van der Waals surface area contributed by atoms with Crippen LogP contribution in [0.1, 0.15) is 20.3 Å². The van der Waals surface area contributed by atoms with Crippen molar-refractivity contribution in [1.82, 2.24) is 14.7 Å². The maximum atomic E-state index is 13.1. The van der Waals surface area contributed by atoms with Gasteiger partial charge in [0.25, 0.3) is 5.91 Å². The van der Waals surface area contributed by atoms with E-state index in [0.29, 0.717) is 28.8 Å². The Morgan fingerprint density at radius 1 is 1.31 bits per heavy atom. The van der Waals surface area contributed by atoms with Crippen molar-refractivity contribution in [2.75, 3.05) is 18.5 Å². The molecule has 0 fully saturated rings. The minimum absolute atomic E-state index is 0.0963. The standard InChI is InChI=1S/C22H27ClN4O5/c1-14(2)9-18(22(31)24-20-7-8-26(25-20)11-15(29)13-28)27-12-16(10-21(27)30)32-19-6-4-3-5-17(19)23/h3-8,10,14-15,18,28-29H,9,11-13H2,1-2H3,(H,24,25,31)/t15-,18-/m1/s1.